The van der Waals surface area contributed by atoms with E-state index in [1.807, 2.05) is 0 Å². The Hall–Kier alpha value is -0.170. The van der Waals surface area contributed by atoms with Gasteiger partial charge in [0, 0.05) is 31.7 Å². The van der Waals surface area contributed by atoms with Crippen LogP contribution in [0.3, 0.4) is 0 Å². The average Bonchev–Trinajstić information content (AvgIpc) is 2.85. The van der Waals surface area contributed by atoms with Crippen LogP contribution >= 0.6 is 0 Å². The molecule has 3 atom stereocenters. The largest absolute Gasteiger partial charge is 0.312 e. The van der Waals surface area contributed by atoms with Gasteiger partial charge >= 0.3 is 0 Å². The molecule has 0 amide bonds. The van der Waals surface area contributed by atoms with Crippen molar-refractivity contribution in [2.24, 2.45) is 5.92 Å². The van der Waals surface area contributed by atoms with Crippen molar-refractivity contribution >= 4 is 10.0 Å². The molecule has 0 aliphatic carbocycles. The molecule has 1 N–H and O–H groups in total. The summed E-state index contributed by atoms with van der Waals surface area (Å²) in [6, 6.07) is 0.682. The van der Waals surface area contributed by atoms with Crippen molar-refractivity contribution in [1.82, 2.24) is 14.5 Å². The van der Waals surface area contributed by atoms with Gasteiger partial charge in [-0.2, -0.15) is 4.31 Å². The Morgan fingerprint density at radius 1 is 1.25 bits per heavy atom. The highest BCUT2D eigenvalue weighted by Crippen LogP contribution is 2.21. The second-order valence-electron chi connectivity index (χ2n) is 6.34. The maximum atomic E-state index is 11.7. The zero-order valence-electron chi connectivity index (χ0n) is 13.0. The molecular formula is C14H29N3O2S. The van der Waals surface area contributed by atoms with Gasteiger partial charge in [-0.05, 0) is 38.3 Å². The van der Waals surface area contributed by atoms with Gasteiger partial charge < -0.3 is 10.2 Å². The molecule has 2 rings (SSSR count). The minimum Gasteiger partial charge on any atom is -0.312 e. The van der Waals surface area contributed by atoms with Crippen molar-refractivity contribution in [2.75, 3.05) is 39.0 Å². The van der Waals surface area contributed by atoms with Crippen LogP contribution in [0.2, 0.25) is 0 Å². The summed E-state index contributed by atoms with van der Waals surface area (Å²) in [5.41, 5.74) is 0. The fraction of sp³-hybridized carbons (Fsp3) is 1.00. The summed E-state index contributed by atoms with van der Waals surface area (Å²) in [5, 5.41) is 3.63. The summed E-state index contributed by atoms with van der Waals surface area (Å²) in [6.07, 6.45) is 4.47. The first-order valence-corrected chi connectivity index (χ1v) is 9.69. The first-order chi connectivity index (χ1) is 9.41. The van der Waals surface area contributed by atoms with Crippen LogP contribution < -0.4 is 5.32 Å². The zero-order valence-corrected chi connectivity index (χ0v) is 13.8. The predicted octanol–water partition coefficient (Wildman–Crippen LogP) is 0.730. The Balaban J connectivity index is 1.83. The third-order valence-electron chi connectivity index (χ3n) is 4.80. The van der Waals surface area contributed by atoms with Crippen LogP contribution in [0.1, 0.15) is 33.1 Å². The van der Waals surface area contributed by atoms with E-state index >= 15 is 0 Å². The van der Waals surface area contributed by atoms with Gasteiger partial charge in [0.25, 0.3) is 0 Å². The highest BCUT2D eigenvalue weighted by atomic mass is 32.2. The van der Waals surface area contributed by atoms with Crippen LogP contribution in [-0.2, 0) is 10.0 Å². The minimum atomic E-state index is -3.05. The van der Waals surface area contributed by atoms with E-state index in [1.165, 1.54) is 12.7 Å². The molecule has 5 nitrogen and oxygen atoms in total. The Kier molecular flexibility index (Phi) is 5.45. The van der Waals surface area contributed by atoms with E-state index in [9.17, 15) is 8.42 Å². The summed E-state index contributed by atoms with van der Waals surface area (Å²) in [5.74, 6) is 0.636. The Bertz CT molecular complexity index is 413. The summed E-state index contributed by atoms with van der Waals surface area (Å²) < 4.78 is 25.1. The summed E-state index contributed by atoms with van der Waals surface area (Å²) in [4.78, 5) is 2.49. The number of sulfonamides is 1. The van der Waals surface area contributed by atoms with Crippen LogP contribution in [0.4, 0.5) is 0 Å². The molecule has 0 aromatic rings. The summed E-state index contributed by atoms with van der Waals surface area (Å²) in [6.45, 7) is 9.42. The predicted molar refractivity (Wildman–Crippen MR) is 82.3 cm³/mol. The molecule has 2 fully saturated rings. The standard InChI is InChI=1S/C14H29N3O2S/c1-4-16-9-7-14(12(2)11-16)15-10-13-6-5-8-17(13)20(3,18)19/h12-15H,4-11H2,1-3H3/t12-,13+,14-/m0/s1. The molecule has 2 aliphatic heterocycles. The second-order valence-corrected chi connectivity index (χ2v) is 8.28. The van der Waals surface area contributed by atoms with E-state index in [0.29, 0.717) is 18.5 Å². The number of likely N-dealkylation sites (tertiary alicyclic amines) is 1. The molecule has 0 unspecified atom stereocenters. The summed E-state index contributed by atoms with van der Waals surface area (Å²) >= 11 is 0. The van der Waals surface area contributed by atoms with Gasteiger partial charge in [0.05, 0.1) is 6.26 Å². The lowest BCUT2D eigenvalue weighted by atomic mass is 9.93. The van der Waals surface area contributed by atoms with Gasteiger partial charge in [0.15, 0.2) is 0 Å². The van der Waals surface area contributed by atoms with Crippen molar-refractivity contribution in [2.45, 2.75) is 45.2 Å². The van der Waals surface area contributed by atoms with Gasteiger partial charge in [-0.25, -0.2) is 8.42 Å². The number of hydrogen-bond donors (Lipinski definition) is 1. The fourth-order valence-electron chi connectivity index (χ4n) is 3.56. The van der Waals surface area contributed by atoms with Crippen molar-refractivity contribution in [3.63, 3.8) is 0 Å². The average molecular weight is 303 g/mol. The van der Waals surface area contributed by atoms with Gasteiger partial charge in [-0.15, -0.1) is 0 Å². The van der Waals surface area contributed by atoms with Crippen LogP contribution in [0.25, 0.3) is 0 Å². The van der Waals surface area contributed by atoms with E-state index in [0.717, 1.165) is 39.0 Å². The number of nitrogens with one attached hydrogen (secondary N) is 1. The fourth-order valence-corrected chi connectivity index (χ4v) is 4.74. The number of hydrogen-bond acceptors (Lipinski definition) is 4. The van der Waals surface area contributed by atoms with E-state index < -0.39 is 10.0 Å². The van der Waals surface area contributed by atoms with Crippen molar-refractivity contribution in [1.29, 1.82) is 0 Å². The Morgan fingerprint density at radius 2 is 2.00 bits per heavy atom. The van der Waals surface area contributed by atoms with E-state index in [4.69, 9.17) is 0 Å². The van der Waals surface area contributed by atoms with E-state index in [2.05, 4.69) is 24.1 Å². The SMILES string of the molecule is CCN1CC[C@H](NC[C@H]2CCCN2S(C)(=O)=O)[C@@H](C)C1. The first-order valence-electron chi connectivity index (χ1n) is 7.84. The van der Waals surface area contributed by atoms with Gasteiger partial charge in [0.2, 0.25) is 10.0 Å². The lowest BCUT2D eigenvalue weighted by molar-refractivity contribution is 0.150. The lowest BCUT2D eigenvalue weighted by Gasteiger charge is -2.37. The highest BCUT2D eigenvalue weighted by molar-refractivity contribution is 7.88. The van der Waals surface area contributed by atoms with E-state index in [1.54, 1.807) is 4.31 Å². The van der Waals surface area contributed by atoms with Gasteiger partial charge in [-0.3, -0.25) is 0 Å². The Labute approximate surface area is 123 Å². The first kappa shape index (κ1) is 16.2. The summed E-state index contributed by atoms with van der Waals surface area (Å²) in [7, 11) is -3.05. The van der Waals surface area contributed by atoms with Crippen molar-refractivity contribution in [3.05, 3.63) is 0 Å². The maximum absolute atomic E-state index is 11.7. The smallest absolute Gasteiger partial charge is 0.211 e. The van der Waals surface area contributed by atoms with Gasteiger partial charge in [-0.1, -0.05) is 13.8 Å². The monoisotopic (exact) mass is 303 g/mol. The van der Waals surface area contributed by atoms with Crippen LogP contribution in [0, 0.1) is 5.92 Å². The lowest BCUT2D eigenvalue weighted by Crippen LogP contribution is -2.51. The topological polar surface area (TPSA) is 52.6 Å². The quantitative estimate of drug-likeness (QED) is 0.813. The Morgan fingerprint density at radius 3 is 2.60 bits per heavy atom. The van der Waals surface area contributed by atoms with Crippen LogP contribution in [0.15, 0.2) is 0 Å². The normalized spacial score (nSPS) is 33.6. The van der Waals surface area contributed by atoms with E-state index in [-0.39, 0.29) is 6.04 Å². The van der Waals surface area contributed by atoms with Crippen molar-refractivity contribution in [3.8, 4) is 0 Å². The third kappa shape index (κ3) is 3.93. The molecule has 0 spiro atoms. The molecule has 0 bridgehead atoms. The molecule has 0 saturated carbocycles. The molecule has 118 valence electrons. The number of nitrogens with zero attached hydrogens (tertiary/aromatic N) is 2. The maximum Gasteiger partial charge on any atom is 0.211 e. The molecule has 0 aromatic heterocycles. The minimum absolute atomic E-state index is 0.154. The van der Waals surface area contributed by atoms with Crippen molar-refractivity contribution < 1.29 is 8.42 Å². The molecular weight excluding hydrogens is 274 g/mol. The highest BCUT2D eigenvalue weighted by Gasteiger charge is 2.32. The third-order valence-corrected chi connectivity index (χ3v) is 6.13. The molecule has 2 saturated heterocycles. The molecule has 2 aliphatic rings. The zero-order chi connectivity index (χ0) is 14.8. The van der Waals surface area contributed by atoms with Crippen LogP contribution in [-0.4, -0.2) is 68.7 Å². The number of rotatable bonds is 5. The molecule has 0 aromatic carbocycles. The molecule has 2 heterocycles. The molecule has 20 heavy (non-hydrogen) atoms. The number of piperidine rings is 1. The molecule has 0 radical (unpaired) electrons. The molecule has 6 heteroatoms. The van der Waals surface area contributed by atoms with Crippen LogP contribution in [0.5, 0.6) is 0 Å². The second kappa shape index (κ2) is 6.73. The van der Waals surface area contributed by atoms with Gasteiger partial charge in [0.1, 0.15) is 0 Å².